The Hall–Kier alpha value is -2.61. The first-order valence-electron chi connectivity index (χ1n) is 7.92. The van der Waals surface area contributed by atoms with Gasteiger partial charge in [0, 0.05) is 0 Å². The Balaban J connectivity index is 2.00. The van der Waals surface area contributed by atoms with Gasteiger partial charge in [-0.05, 0) is 37.1 Å². The predicted molar refractivity (Wildman–Crippen MR) is 99.7 cm³/mol. The first kappa shape index (κ1) is 18.7. The Morgan fingerprint density at radius 2 is 2.24 bits per heavy atom. The van der Waals surface area contributed by atoms with Crippen LogP contribution >= 0.6 is 11.3 Å². The van der Waals surface area contributed by atoms with Crippen LogP contribution in [0.5, 0.6) is 11.5 Å². The van der Waals surface area contributed by atoms with Gasteiger partial charge in [0.25, 0.3) is 5.91 Å². The molecule has 7 nitrogen and oxygen atoms in total. The lowest BCUT2D eigenvalue weighted by atomic mass is 10.2. The number of nitrogens with one attached hydrogen (secondary N) is 1. The Kier molecular flexibility index (Phi) is 6.76. The quantitative estimate of drug-likeness (QED) is 0.427. The predicted octanol–water partition coefficient (Wildman–Crippen LogP) is 2.99. The van der Waals surface area contributed by atoms with E-state index in [1.54, 1.807) is 20.1 Å². The van der Waals surface area contributed by atoms with E-state index in [0.29, 0.717) is 33.8 Å². The van der Waals surface area contributed by atoms with E-state index < -0.39 is 0 Å². The number of anilines is 1. The maximum Gasteiger partial charge on any atom is 0.283 e. The number of benzene rings is 1. The number of thiazole rings is 1. The SMILES string of the molecule is CCCCOc1ccc(/C=N\NC(=O)c2sc(N)nc2C)cc1OC. The molecule has 3 N–H and O–H groups in total. The number of carbonyl (C=O) groups excluding carboxylic acids is 1. The molecule has 0 aliphatic rings. The van der Waals surface area contributed by atoms with E-state index in [4.69, 9.17) is 15.2 Å². The number of aryl methyl sites for hydroxylation is 1. The lowest BCUT2D eigenvalue weighted by molar-refractivity contribution is 0.0958. The zero-order valence-corrected chi connectivity index (χ0v) is 15.4. The molecule has 8 heteroatoms. The number of nitrogens with two attached hydrogens (primary N) is 1. The Labute approximate surface area is 150 Å². The summed E-state index contributed by atoms with van der Waals surface area (Å²) in [6.07, 6.45) is 3.59. The highest BCUT2D eigenvalue weighted by atomic mass is 32.1. The van der Waals surface area contributed by atoms with E-state index in [9.17, 15) is 4.79 Å². The molecule has 0 saturated heterocycles. The third kappa shape index (κ3) is 5.18. The van der Waals surface area contributed by atoms with Crippen molar-refractivity contribution >= 4 is 28.6 Å². The molecule has 134 valence electrons. The van der Waals surface area contributed by atoms with Gasteiger partial charge < -0.3 is 15.2 Å². The van der Waals surface area contributed by atoms with Gasteiger partial charge in [-0.1, -0.05) is 24.7 Å². The molecule has 0 unspecified atom stereocenters. The van der Waals surface area contributed by atoms with Crippen molar-refractivity contribution in [2.24, 2.45) is 5.10 Å². The largest absolute Gasteiger partial charge is 0.493 e. The third-order valence-corrected chi connectivity index (χ3v) is 4.33. The van der Waals surface area contributed by atoms with Gasteiger partial charge in [0.05, 0.1) is 25.6 Å². The highest BCUT2D eigenvalue weighted by molar-refractivity contribution is 7.17. The molecule has 0 aliphatic carbocycles. The van der Waals surface area contributed by atoms with Crippen molar-refractivity contribution in [3.8, 4) is 11.5 Å². The first-order valence-corrected chi connectivity index (χ1v) is 8.74. The molecule has 0 saturated carbocycles. The summed E-state index contributed by atoms with van der Waals surface area (Å²) >= 11 is 1.13. The van der Waals surface area contributed by atoms with Gasteiger partial charge >= 0.3 is 0 Å². The van der Waals surface area contributed by atoms with Crippen LogP contribution in [0.1, 0.15) is 40.7 Å². The summed E-state index contributed by atoms with van der Waals surface area (Å²) < 4.78 is 11.0. The molecule has 0 fully saturated rings. The maximum absolute atomic E-state index is 12.0. The van der Waals surface area contributed by atoms with Gasteiger partial charge in [-0.2, -0.15) is 5.10 Å². The summed E-state index contributed by atoms with van der Waals surface area (Å²) in [4.78, 5) is 16.5. The molecule has 25 heavy (non-hydrogen) atoms. The molecule has 2 aromatic rings. The summed E-state index contributed by atoms with van der Waals surface area (Å²) in [5.74, 6) is 0.972. The number of carbonyl (C=O) groups is 1. The highest BCUT2D eigenvalue weighted by Gasteiger charge is 2.13. The second-order valence-corrected chi connectivity index (χ2v) is 6.31. The van der Waals surface area contributed by atoms with Crippen LogP contribution in [0.15, 0.2) is 23.3 Å². The van der Waals surface area contributed by atoms with Gasteiger partial charge in [0.1, 0.15) is 4.88 Å². The molecule has 1 aromatic carbocycles. The molecule has 0 atom stereocenters. The normalized spacial score (nSPS) is 10.8. The lowest BCUT2D eigenvalue weighted by Gasteiger charge is -2.10. The molecule has 1 heterocycles. The van der Waals surface area contributed by atoms with Crippen LogP contribution in [0.3, 0.4) is 0 Å². The van der Waals surface area contributed by atoms with Crippen LogP contribution in [-0.2, 0) is 0 Å². The number of amides is 1. The second kappa shape index (κ2) is 9.03. The van der Waals surface area contributed by atoms with Crippen molar-refractivity contribution in [1.82, 2.24) is 10.4 Å². The molecule has 0 bridgehead atoms. The van der Waals surface area contributed by atoms with Crippen molar-refractivity contribution in [2.45, 2.75) is 26.7 Å². The van der Waals surface area contributed by atoms with Gasteiger partial charge in [0.2, 0.25) is 0 Å². The number of rotatable bonds is 8. The summed E-state index contributed by atoms with van der Waals surface area (Å²) in [7, 11) is 1.59. The number of unbranched alkanes of at least 4 members (excludes halogenated alkanes) is 1. The minimum absolute atomic E-state index is 0.338. The fraction of sp³-hybridized carbons (Fsp3) is 0.353. The average molecular weight is 362 g/mol. The molecule has 1 aromatic heterocycles. The summed E-state index contributed by atoms with van der Waals surface area (Å²) in [6.45, 7) is 4.48. The van der Waals surface area contributed by atoms with Crippen molar-refractivity contribution in [3.63, 3.8) is 0 Å². The van der Waals surface area contributed by atoms with E-state index in [1.165, 1.54) is 6.21 Å². The van der Waals surface area contributed by atoms with Gasteiger partial charge in [-0.25, -0.2) is 10.4 Å². The maximum atomic E-state index is 12.0. The van der Waals surface area contributed by atoms with Gasteiger partial charge in [-0.3, -0.25) is 4.79 Å². The number of nitrogen functional groups attached to an aromatic ring is 1. The second-order valence-electron chi connectivity index (χ2n) is 5.28. The number of aromatic nitrogens is 1. The fourth-order valence-corrected chi connectivity index (χ4v) is 2.78. The van der Waals surface area contributed by atoms with Crippen molar-refractivity contribution < 1.29 is 14.3 Å². The number of methoxy groups -OCH3 is 1. The van der Waals surface area contributed by atoms with Gasteiger partial charge in [0.15, 0.2) is 16.6 Å². The zero-order chi connectivity index (χ0) is 18.2. The minimum atomic E-state index is -0.338. The van der Waals surface area contributed by atoms with Gasteiger partial charge in [-0.15, -0.1) is 0 Å². The summed E-state index contributed by atoms with van der Waals surface area (Å²) in [6, 6.07) is 5.47. The third-order valence-electron chi connectivity index (χ3n) is 3.34. The first-order chi connectivity index (χ1) is 12.0. The van der Waals surface area contributed by atoms with Crippen LogP contribution in [0, 0.1) is 6.92 Å². The summed E-state index contributed by atoms with van der Waals surface area (Å²) in [5, 5.41) is 4.32. The van der Waals surface area contributed by atoms with Crippen LogP contribution in [0.25, 0.3) is 0 Å². The molecular formula is C17H22N4O3S. The average Bonchev–Trinajstić information content (AvgIpc) is 2.94. The summed E-state index contributed by atoms with van der Waals surface area (Å²) in [5.41, 5.74) is 9.43. The zero-order valence-electron chi connectivity index (χ0n) is 14.5. The van der Waals surface area contributed by atoms with Crippen LogP contribution in [-0.4, -0.2) is 30.8 Å². The van der Waals surface area contributed by atoms with E-state index in [2.05, 4.69) is 22.4 Å². The standard InChI is InChI=1S/C17H22N4O3S/c1-4-5-8-24-13-7-6-12(9-14(13)23-3)10-19-21-16(22)15-11(2)20-17(18)25-15/h6-7,9-10H,4-5,8H2,1-3H3,(H2,18,20)(H,21,22)/b19-10-. The van der Waals surface area contributed by atoms with Crippen LogP contribution in [0.4, 0.5) is 5.13 Å². The monoisotopic (exact) mass is 362 g/mol. The topological polar surface area (TPSA) is 98.8 Å². The van der Waals surface area contributed by atoms with E-state index in [0.717, 1.165) is 29.7 Å². The highest BCUT2D eigenvalue weighted by Crippen LogP contribution is 2.27. The van der Waals surface area contributed by atoms with E-state index in [1.807, 2.05) is 12.1 Å². The van der Waals surface area contributed by atoms with E-state index in [-0.39, 0.29) is 5.91 Å². The Morgan fingerprint density at radius 3 is 2.88 bits per heavy atom. The fourth-order valence-electron chi connectivity index (χ4n) is 2.05. The minimum Gasteiger partial charge on any atom is -0.493 e. The molecule has 0 radical (unpaired) electrons. The molecule has 2 rings (SSSR count). The number of nitrogens with zero attached hydrogens (tertiary/aromatic N) is 2. The molecular weight excluding hydrogens is 340 g/mol. The molecule has 0 spiro atoms. The lowest BCUT2D eigenvalue weighted by Crippen LogP contribution is -2.17. The molecule has 1 amide bonds. The number of hydrogen-bond donors (Lipinski definition) is 2. The van der Waals surface area contributed by atoms with Crippen LogP contribution < -0.4 is 20.6 Å². The number of hydrogen-bond acceptors (Lipinski definition) is 7. The van der Waals surface area contributed by atoms with Crippen molar-refractivity contribution in [3.05, 3.63) is 34.3 Å². The number of ether oxygens (including phenoxy) is 2. The Morgan fingerprint density at radius 1 is 1.44 bits per heavy atom. The Bertz CT molecular complexity index is 758. The smallest absolute Gasteiger partial charge is 0.283 e. The van der Waals surface area contributed by atoms with Crippen LogP contribution in [0.2, 0.25) is 0 Å². The van der Waals surface area contributed by atoms with Crippen molar-refractivity contribution in [1.29, 1.82) is 0 Å². The number of hydrazone groups is 1. The van der Waals surface area contributed by atoms with E-state index >= 15 is 0 Å². The molecule has 0 aliphatic heterocycles. The van der Waals surface area contributed by atoms with Crippen molar-refractivity contribution in [2.75, 3.05) is 19.5 Å².